The van der Waals surface area contributed by atoms with Crippen LogP contribution in [0.25, 0.3) is 10.8 Å². The zero-order valence-electron chi connectivity index (χ0n) is 11.8. The van der Waals surface area contributed by atoms with Crippen LogP contribution in [-0.2, 0) is 0 Å². The molecule has 0 unspecified atom stereocenters. The highest BCUT2D eigenvalue weighted by Crippen LogP contribution is 2.34. The van der Waals surface area contributed by atoms with Crippen molar-refractivity contribution in [2.45, 2.75) is 33.6 Å². The molecular formula is C17H19FO. The van der Waals surface area contributed by atoms with Crippen LogP contribution in [0.3, 0.4) is 0 Å². The minimum Gasteiger partial charge on any atom is -0.507 e. The Balaban J connectivity index is 0.000000861. The minimum absolute atomic E-state index is 0.126. The number of aromatic hydroxyl groups is 1. The average Bonchev–Trinajstić information content (AvgIpc) is 2.41. The Kier molecular flexibility index (Phi) is 4.94. The van der Waals surface area contributed by atoms with Crippen LogP contribution in [0.4, 0.5) is 4.39 Å². The molecular weight excluding hydrogens is 239 g/mol. The van der Waals surface area contributed by atoms with E-state index in [0.29, 0.717) is 10.8 Å². The number of fused-ring (bicyclic) bond motifs is 1. The molecule has 0 aromatic heterocycles. The topological polar surface area (TPSA) is 20.2 Å². The molecule has 0 saturated carbocycles. The molecule has 0 saturated heterocycles. The molecule has 2 aromatic carbocycles. The van der Waals surface area contributed by atoms with Crippen molar-refractivity contribution < 1.29 is 9.50 Å². The predicted octanol–water partition coefficient (Wildman–Crippen LogP) is 4.82. The summed E-state index contributed by atoms with van der Waals surface area (Å²) in [5.74, 6) is 2.29. The molecule has 0 aliphatic heterocycles. The summed E-state index contributed by atoms with van der Waals surface area (Å²) in [4.78, 5) is 0. The number of halogens is 1. The van der Waals surface area contributed by atoms with Gasteiger partial charge in [0.1, 0.15) is 11.6 Å². The van der Waals surface area contributed by atoms with Crippen molar-refractivity contribution in [1.82, 2.24) is 0 Å². The zero-order chi connectivity index (χ0) is 14.6. The van der Waals surface area contributed by atoms with Crippen LogP contribution in [-0.4, -0.2) is 5.11 Å². The van der Waals surface area contributed by atoms with Gasteiger partial charge in [0.05, 0.1) is 5.56 Å². The maximum absolute atomic E-state index is 13.7. The number of rotatable bonds is 1. The van der Waals surface area contributed by atoms with Gasteiger partial charge < -0.3 is 5.11 Å². The molecule has 100 valence electrons. The van der Waals surface area contributed by atoms with Crippen LogP contribution in [0.5, 0.6) is 5.75 Å². The molecule has 2 heteroatoms. The molecule has 0 fully saturated rings. The van der Waals surface area contributed by atoms with Gasteiger partial charge in [-0.2, -0.15) is 0 Å². The lowest BCUT2D eigenvalue weighted by atomic mass is 9.92. The first kappa shape index (κ1) is 15.0. The molecule has 2 rings (SSSR count). The lowest BCUT2D eigenvalue weighted by Crippen LogP contribution is -1.95. The lowest BCUT2D eigenvalue weighted by molar-refractivity contribution is 0.481. The van der Waals surface area contributed by atoms with Crippen molar-refractivity contribution in [3.63, 3.8) is 0 Å². The van der Waals surface area contributed by atoms with E-state index in [1.807, 2.05) is 27.7 Å². The third-order valence-electron chi connectivity index (χ3n) is 2.91. The summed E-state index contributed by atoms with van der Waals surface area (Å²) in [6.45, 7) is 8.02. The van der Waals surface area contributed by atoms with Gasteiger partial charge in [0, 0.05) is 10.8 Å². The average molecular weight is 258 g/mol. The summed E-state index contributed by atoms with van der Waals surface area (Å²) >= 11 is 0. The Morgan fingerprint density at radius 2 is 1.79 bits per heavy atom. The first-order valence-corrected chi connectivity index (χ1v) is 6.47. The molecule has 0 amide bonds. The van der Waals surface area contributed by atoms with E-state index in [1.54, 1.807) is 18.2 Å². The Labute approximate surface area is 114 Å². The Hall–Kier alpha value is -2.01. The number of benzene rings is 2. The first-order chi connectivity index (χ1) is 9.06. The monoisotopic (exact) mass is 258 g/mol. The van der Waals surface area contributed by atoms with Gasteiger partial charge in [-0.25, -0.2) is 4.39 Å². The summed E-state index contributed by atoms with van der Waals surface area (Å²) in [7, 11) is 0. The fraction of sp³-hybridized carbons (Fsp3) is 0.294. The van der Waals surface area contributed by atoms with Crippen LogP contribution in [0.1, 0.15) is 44.7 Å². The fourth-order valence-corrected chi connectivity index (χ4v) is 2.05. The van der Waals surface area contributed by atoms with Crippen LogP contribution in [0.15, 0.2) is 24.3 Å². The Morgan fingerprint density at radius 1 is 1.16 bits per heavy atom. The molecule has 0 atom stereocenters. The van der Waals surface area contributed by atoms with Gasteiger partial charge in [0.2, 0.25) is 0 Å². The highest BCUT2D eigenvalue weighted by Gasteiger charge is 2.14. The van der Waals surface area contributed by atoms with Crippen molar-refractivity contribution in [3.05, 3.63) is 41.2 Å². The van der Waals surface area contributed by atoms with Gasteiger partial charge in [0.15, 0.2) is 0 Å². The number of phenolic OH excluding ortho intramolecular Hbond substituents is 1. The summed E-state index contributed by atoms with van der Waals surface area (Å²) in [5, 5.41) is 11.0. The number of terminal acetylenes is 1. The van der Waals surface area contributed by atoms with Crippen molar-refractivity contribution in [2.75, 3.05) is 0 Å². The Morgan fingerprint density at radius 3 is 2.32 bits per heavy atom. The molecule has 0 radical (unpaired) electrons. The van der Waals surface area contributed by atoms with Crippen LogP contribution < -0.4 is 0 Å². The third kappa shape index (κ3) is 2.71. The van der Waals surface area contributed by atoms with E-state index in [9.17, 15) is 9.50 Å². The van der Waals surface area contributed by atoms with E-state index in [4.69, 9.17) is 6.42 Å². The lowest BCUT2D eigenvalue weighted by Gasteiger charge is -2.13. The van der Waals surface area contributed by atoms with E-state index < -0.39 is 5.82 Å². The van der Waals surface area contributed by atoms with Gasteiger partial charge in [-0.3, -0.25) is 0 Å². The zero-order valence-corrected chi connectivity index (χ0v) is 11.8. The smallest absolute Gasteiger partial charge is 0.139 e. The molecule has 0 heterocycles. The van der Waals surface area contributed by atoms with E-state index in [0.717, 1.165) is 5.56 Å². The SMILES string of the molecule is C#Cc1c(F)ccc2c(O)ccc(C(C)C)c12.CC. The molecule has 19 heavy (non-hydrogen) atoms. The number of hydrogen-bond donors (Lipinski definition) is 1. The van der Waals surface area contributed by atoms with Crippen LogP contribution in [0.2, 0.25) is 0 Å². The second-order valence-corrected chi connectivity index (χ2v) is 4.32. The standard InChI is InChI=1S/C15H13FO.C2H6/c1-4-10-13(16)7-5-12-14(17)8-6-11(9(2)3)15(10)12;1-2/h1,5-9,17H,2-3H3;1-2H3. The predicted molar refractivity (Wildman–Crippen MR) is 78.9 cm³/mol. The number of hydrogen-bond acceptors (Lipinski definition) is 1. The summed E-state index contributed by atoms with van der Waals surface area (Å²) in [5.41, 5.74) is 1.17. The number of phenols is 1. The molecule has 2 aromatic rings. The van der Waals surface area contributed by atoms with Gasteiger partial charge in [0.25, 0.3) is 0 Å². The summed E-state index contributed by atoms with van der Waals surface area (Å²) in [6.07, 6.45) is 5.36. The maximum Gasteiger partial charge on any atom is 0.139 e. The van der Waals surface area contributed by atoms with E-state index in [1.165, 1.54) is 6.07 Å². The van der Waals surface area contributed by atoms with E-state index in [-0.39, 0.29) is 17.2 Å². The van der Waals surface area contributed by atoms with Crippen molar-refractivity contribution >= 4 is 10.8 Å². The second-order valence-electron chi connectivity index (χ2n) is 4.32. The Bertz CT molecular complexity index is 621. The van der Waals surface area contributed by atoms with Crippen molar-refractivity contribution in [3.8, 4) is 18.1 Å². The second kappa shape index (κ2) is 6.24. The van der Waals surface area contributed by atoms with E-state index >= 15 is 0 Å². The van der Waals surface area contributed by atoms with Gasteiger partial charge in [-0.15, -0.1) is 6.42 Å². The first-order valence-electron chi connectivity index (χ1n) is 6.47. The maximum atomic E-state index is 13.7. The highest BCUT2D eigenvalue weighted by molar-refractivity contribution is 5.95. The molecule has 0 aliphatic carbocycles. The summed E-state index contributed by atoms with van der Waals surface area (Å²) < 4.78 is 13.7. The fourth-order valence-electron chi connectivity index (χ4n) is 2.05. The van der Waals surface area contributed by atoms with E-state index in [2.05, 4.69) is 5.92 Å². The van der Waals surface area contributed by atoms with Gasteiger partial charge >= 0.3 is 0 Å². The summed E-state index contributed by atoms with van der Waals surface area (Å²) in [6, 6.07) is 6.27. The molecule has 0 bridgehead atoms. The quantitative estimate of drug-likeness (QED) is 0.727. The molecule has 0 aliphatic rings. The molecule has 0 spiro atoms. The van der Waals surface area contributed by atoms with Gasteiger partial charge in [-0.05, 0) is 29.7 Å². The van der Waals surface area contributed by atoms with Crippen molar-refractivity contribution in [2.24, 2.45) is 0 Å². The van der Waals surface area contributed by atoms with Crippen molar-refractivity contribution in [1.29, 1.82) is 0 Å². The minimum atomic E-state index is -0.424. The normalized spacial score (nSPS) is 9.95. The van der Waals surface area contributed by atoms with Crippen LogP contribution >= 0.6 is 0 Å². The largest absolute Gasteiger partial charge is 0.507 e. The molecule has 1 nitrogen and oxygen atoms in total. The van der Waals surface area contributed by atoms with Crippen LogP contribution in [0, 0.1) is 18.2 Å². The third-order valence-corrected chi connectivity index (χ3v) is 2.91. The molecule has 1 N–H and O–H groups in total. The highest BCUT2D eigenvalue weighted by atomic mass is 19.1. The van der Waals surface area contributed by atoms with Gasteiger partial charge in [-0.1, -0.05) is 39.7 Å².